The van der Waals surface area contributed by atoms with E-state index in [-0.39, 0.29) is 18.8 Å². The van der Waals surface area contributed by atoms with Gasteiger partial charge in [-0.15, -0.1) is 0 Å². The number of carbonyl (C=O) groups is 1. The molecule has 1 aliphatic carbocycles. The number of ether oxygens (including phenoxy) is 1. The number of phenolic OH excluding ortho intramolecular Hbond substituents is 1. The van der Waals surface area contributed by atoms with E-state index in [4.69, 9.17) is 4.74 Å². The summed E-state index contributed by atoms with van der Waals surface area (Å²) in [7, 11) is 0. The number of amides is 1. The molecule has 5 nitrogen and oxygen atoms in total. The highest BCUT2D eigenvalue weighted by Crippen LogP contribution is 2.30. The molecule has 5 heteroatoms. The topological polar surface area (TPSA) is 70.0 Å². The van der Waals surface area contributed by atoms with Gasteiger partial charge in [0.25, 0.3) is 0 Å². The Morgan fingerprint density at radius 2 is 1.92 bits per heavy atom. The average Bonchev–Trinajstić information content (AvgIpc) is 2.91. The maximum Gasteiger partial charge on any atom is 0.410 e. The van der Waals surface area contributed by atoms with Crippen LogP contribution >= 0.6 is 0 Å². The molecule has 0 spiro atoms. The molecule has 2 rings (SSSR count). The standard InChI is InChI=1S/C19H29NO4/c1-5-16(21)12-20(18(23)24-19(2,3)4)11-15-9-13-7-6-8-14(13)10-17(15)22/h9-10,16,21-22H,5-8,11-12H2,1-4H3/t16-/m0/s1. The molecule has 2 N–H and O–H groups in total. The van der Waals surface area contributed by atoms with Crippen molar-refractivity contribution in [2.45, 2.75) is 71.6 Å². The van der Waals surface area contributed by atoms with Crippen LogP contribution in [0.5, 0.6) is 5.75 Å². The maximum absolute atomic E-state index is 12.5. The number of aliphatic hydroxyl groups excluding tert-OH is 1. The van der Waals surface area contributed by atoms with Crippen LogP contribution in [0.2, 0.25) is 0 Å². The van der Waals surface area contributed by atoms with Crippen LogP contribution in [-0.4, -0.2) is 39.5 Å². The fraction of sp³-hybridized carbons (Fsp3) is 0.632. The molecule has 0 aliphatic heterocycles. The Labute approximate surface area is 144 Å². The number of hydrogen-bond donors (Lipinski definition) is 2. The molecule has 1 aromatic carbocycles. The van der Waals surface area contributed by atoms with Crippen molar-refractivity contribution in [3.05, 3.63) is 28.8 Å². The highest BCUT2D eigenvalue weighted by atomic mass is 16.6. The van der Waals surface area contributed by atoms with Gasteiger partial charge < -0.3 is 19.8 Å². The molecule has 0 bridgehead atoms. The summed E-state index contributed by atoms with van der Waals surface area (Å²) in [5.41, 5.74) is 2.52. The second-order valence-corrected chi connectivity index (χ2v) is 7.53. The molecule has 1 amide bonds. The van der Waals surface area contributed by atoms with Gasteiger partial charge in [-0.2, -0.15) is 0 Å². The molecule has 134 valence electrons. The zero-order chi connectivity index (χ0) is 17.9. The highest BCUT2D eigenvalue weighted by molar-refractivity contribution is 5.68. The summed E-state index contributed by atoms with van der Waals surface area (Å²) in [4.78, 5) is 13.9. The third-order valence-electron chi connectivity index (χ3n) is 4.21. The predicted molar refractivity (Wildman–Crippen MR) is 93.1 cm³/mol. The third kappa shape index (κ3) is 4.87. The van der Waals surface area contributed by atoms with Crippen molar-refractivity contribution in [2.75, 3.05) is 6.54 Å². The summed E-state index contributed by atoms with van der Waals surface area (Å²) < 4.78 is 5.44. The fourth-order valence-electron chi connectivity index (χ4n) is 2.91. The van der Waals surface area contributed by atoms with Crippen molar-refractivity contribution in [1.82, 2.24) is 4.90 Å². The van der Waals surface area contributed by atoms with Crippen molar-refractivity contribution in [1.29, 1.82) is 0 Å². The first-order valence-electron chi connectivity index (χ1n) is 8.69. The summed E-state index contributed by atoms with van der Waals surface area (Å²) >= 11 is 0. The number of nitrogens with zero attached hydrogens (tertiary/aromatic N) is 1. The van der Waals surface area contributed by atoms with Crippen LogP contribution in [0.3, 0.4) is 0 Å². The number of carbonyl (C=O) groups excluding carboxylic acids is 1. The number of phenols is 1. The fourth-order valence-corrected chi connectivity index (χ4v) is 2.91. The summed E-state index contributed by atoms with van der Waals surface area (Å²) in [5, 5.41) is 20.3. The Balaban J connectivity index is 2.20. The van der Waals surface area contributed by atoms with Crippen molar-refractivity contribution in [2.24, 2.45) is 0 Å². The molecule has 24 heavy (non-hydrogen) atoms. The summed E-state index contributed by atoms with van der Waals surface area (Å²) in [6, 6.07) is 3.79. The zero-order valence-electron chi connectivity index (χ0n) is 15.1. The Hall–Kier alpha value is -1.75. The number of hydrogen-bond acceptors (Lipinski definition) is 4. The van der Waals surface area contributed by atoms with E-state index in [1.54, 1.807) is 6.07 Å². The van der Waals surface area contributed by atoms with Gasteiger partial charge in [0.05, 0.1) is 19.2 Å². The van der Waals surface area contributed by atoms with E-state index in [0.717, 1.165) is 19.3 Å². The number of rotatable bonds is 5. The second kappa shape index (κ2) is 7.43. The van der Waals surface area contributed by atoms with Gasteiger partial charge >= 0.3 is 6.09 Å². The minimum atomic E-state index is -0.617. The van der Waals surface area contributed by atoms with Crippen molar-refractivity contribution < 1.29 is 19.7 Å². The number of aliphatic hydroxyl groups is 1. The van der Waals surface area contributed by atoms with Gasteiger partial charge in [-0.25, -0.2) is 4.79 Å². The number of fused-ring (bicyclic) bond motifs is 1. The molecule has 0 radical (unpaired) electrons. The smallest absolute Gasteiger partial charge is 0.410 e. The summed E-state index contributed by atoms with van der Waals surface area (Å²) in [6.45, 7) is 7.71. The van der Waals surface area contributed by atoms with E-state index in [1.807, 2.05) is 33.8 Å². The lowest BCUT2D eigenvalue weighted by Gasteiger charge is -2.29. The third-order valence-corrected chi connectivity index (χ3v) is 4.21. The summed E-state index contributed by atoms with van der Waals surface area (Å²) in [6.07, 6.45) is 2.56. The average molecular weight is 335 g/mol. The van der Waals surface area contributed by atoms with E-state index >= 15 is 0 Å². The number of benzene rings is 1. The highest BCUT2D eigenvalue weighted by Gasteiger charge is 2.25. The van der Waals surface area contributed by atoms with Crippen LogP contribution < -0.4 is 0 Å². The number of aromatic hydroxyl groups is 1. The second-order valence-electron chi connectivity index (χ2n) is 7.53. The largest absolute Gasteiger partial charge is 0.508 e. The SMILES string of the molecule is CC[C@H](O)CN(Cc1cc2c(cc1O)CCC2)C(=O)OC(C)(C)C. The lowest BCUT2D eigenvalue weighted by molar-refractivity contribution is 0.0122. The Morgan fingerprint density at radius 1 is 1.29 bits per heavy atom. The van der Waals surface area contributed by atoms with Gasteiger partial charge in [-0.05, 0) is 63.6 Å². The zero-order valence-corrected chi connectivity index (χ0v) is 15.1. The lowest BCUT2D eigenvalue weighted by atomic mass is 10.0. The first-order valence-corrected chi connectivity index (χ1v) is 8.69. The van der Waals surface area contributed by atoms with Gasteiger partial charge in [0.15, 0.2) is 0 Å². The first kappa shape index (κ1) is 18.6. The van der Waals surface area contributed by atoms with Crippen LogP contribution in [0.15, 0.2) is 12.1 Å². The molecule has 0 fully saturated rings. The maximum atomic E-state index is 12.5. The van der Waals surface area contributed by atoms with Crippen LogP contribution in [0.4, 0.5) is 4.79 Å². The van der Waals surface area contributed by atoms with Crippen LogP contribution in [-0.2, 0) is 24.1 Å². The molecule has 1 aromatic rings. The predicted octanol–water partition coefficient (Wildman–Crippen LogP) is 3.39. The van der Waals surface area contributed by atoms with E-state index < -0.39 is 17.8 Å². The Bertz CT molecular complexity index is 592. The summed E-state index contributed by atoms with van der Waals surface area (Å²) in [5.74, 6) is 0.204. The molecule has 0 saturated carbocycles. The molecular formula is C19H29NO4. The molecule has 0 saturated heterocycles. The van der Waals surface area contributed by atoms with Crippen molar-refractivity contribution in [3.8, 4) is 5.75 Å². The Kier molecular flexibility index (Phi) is 5.75. The van der Waals surface area contributed by atoms with Gasteiger partial charge in [0.1, 0.15) is 11.4 Å². The lowest BCUT2D eigenvalue weighted by Crippen LogP contribution is -2.40. The van der Waals surface area contributed by atoms with Gasteiger partial charge in [-0.3, -0.25) is 0 Å². The molecule has 1 atom stereocenters. The van der Waals surface area contributed by atoms with E-state index in [9.17, 15) is 15.0 Å². The van der Waals surface area contributed by atoms with Crippen LogP contribution in [0.25, 0.3) is 0 Å². The molecule has 0 unspecified atom stereocenters. The number of aryl methyl sites for hydroxylation is 2. The molecule has 0 aromatic heterocycles. The monoisotopic (exact) mass is 335 g/mol. The van der Waals surface area contributed by atoms with Crippen LogP contribution in [0, 0.1) is 0 Å². The van der Waals surface area contributed by atoms with Gasteiger partial charge in [0, 0.05) is 5.56 Å². The van der Waals surface area contributed by atoms with Crippen molar-refractivity contribution in [3.63, 3.8) is 0 Å². The van der Waals surface area contributed by atoms with E-state index in [1.165, 1.54) is 16.0 Å². The minimum Gasteiger partial charge on any atom is -0.508 e. The quantitative estimate of drug-likeness (QED) is 0.865. The molecular weight excluding hydrogens is 306 g/mol. The van der Waals surface area contributed by atoms with E-state index in [0.29, 0.717) is 12.0 Å². The van der Waals surface area contributed by atoms with Gasteiger partial charge in [-0.1, -0.05) is 13.0 Å². The van der Waals surface area contributed by atoms with Crippen molar-refractivity contribution >= 4 is 6.09 Å². The van der Waals surface area contributed by atoms with Gasteiger partial charge in [0.2, 0.25) is 0 Å². The normalized spacial score (nSPS) is 15.0. The van der Waals surface area contributed by atoms with E-state index in [2.05, 4.69) is 0 Å². The molecule has 0 heterocycles. The molecule has 1 aliphatic rings. The minimum absolute atomic E-state index is 0.182. The Morgan fingerprint density at radius 3 is 2.50 bits per heavy atom. The first-order chi connectivity index (χ1) is 11.2. The van der Waals surface area contributed by atoms with Crippen LogP contribution in [0.1, 0.15) is 57.2 Å².